The second-order valence-electron chi connectivity index (χ2n) is 6.04. The van der Waals surface area contributed by atoms with E-state index in [4.69, 9.17) is 9.47 Å². The zero-order valence-corrected chi connectivity index (χ0v) is 15.2. The molecule has 0 saturated heterocycles. The van der Waals surface area contributed by atoms with Crippen molar-refractivity contribution in [1.29, 1.82) is 0 Å². The van der Waals surface area contributed by atoms with E-state index in [-0.39, 0.29) is 5.91 Å². The minimum absolute atomic E-state index is 0.286. The molecule has 0 heterocycles. The standard InChI is InChI=1S/C20H23NO4/c1-12-6-7-14(3)18(10-12)25-15(4)19(22)21-17-11-16(20(23)24-5)9-8-13(17)2/h6-11,15H,1-5H3,(H,21,22). The highest BCUT2D eigenvalue weighted by atomic mass is 16.5. The molecular formula is C20H23NO4. The Balaban J connectivity index is 2.13. The van der Waals surface area contributed by atoms with Gasteiger partial charge in [0.25, 0.3) is 5.91 Å². The summed E-state index contributed by atoms with van der Waals surface area (Å²) in [4.78, 5) is 24.1. The number of rotatable bonds is 5. The topological polar surface area (TPSA) is 64.6 Å². The first-order chi connectivity index (χ1) is 11.8. The molecule has 0 spiro atoms. The molecule has 0 aliphatic heterocycles. The van der Waals surface area contributed by atoms with Crippen LogP contribution < -0.4 is 10.1 Å². The summed E-state index contributed by atoms with van der Waals surface area (Å²) in [6, 6.07) is 10.9. The fourth-order valence-corrected chi connectivity index (χ4v) is 2.31. The van der Waals surface area contributed by atoms with Crippen LogP contribution in [0.3, 0.4) is 0 Å². The Bertz CT molecular complexity index is 798. The third-order valence-corrected chi connectivity index (χ3v) is 3.93. The molecular weight excluding hydrogens is 318 g/mol. The number of nitrogens with one attached hydrogen (secondary N) is 1. The summed E-state index contributed by atoms with van der Waals surface area (Å²) in [5.41, 5.74) is 3.82. The van der Waals surface area contributed by atoms with Gasteiger partial charge in [-0.1, -0.05) is 18.2 Å². The molecule has 0 radical (unpaired) electrons. The third-order valence-electron chi connectivity index (χ3n) is 3.93. The summed E-state index contributed by atoms with van der Waals surface area (Å²) in [6.07, 6.45) is -0.679. The van der Waals surface area contributed by atoms with Crippen LogP contribution in [0.4, 0.5) is 5.69 Å². The Morgan fingerprint density at radius 2 is 1.68 bits per heavy atom. The summed E-state index contributed by atoms with van der Waals surface area (Å²) in [7, 11) is 1.32. The summed E-state index contributed by atoms with van der Waals surface area (Å²) in [5, 5.41) is 2.81. The molecule has 0 saturated carbocycles. The lowest BCUT2D eigenvalue weighted by molar-refractivity contribution is -0.122. The van der Waals surface area contributed by atoms with E-state index >= 15 is 0 Å². The molecule has 132 valence electrons. The number of carbonyl (C=O) groups is 2. The molecule has 2 aromatic rings. The largest absolute Gasteiger partial charge is 0.481 e. The van der Waals surface area contributed by atoms with Crippen LogP contribution in [0.25, 0.3) is 0 Å². The maximum atomic E-state index is 12.5. The fraction of sp³-hybridized carbons (Fsp3) is 0.300. The van der Waals surface area contributed by atoms with Crippen molar-refractivity contribution in [2.24, 2.45) is 0 Å². The number of esters is 1. The maximum absolute atomic E-state index is 12.5. The van der Waals surface area contributed by atoms with E-state index in [2.05, 4.69) is 5.32 Å². The summed E-state index contributed by atoms with van der Waals surface area (Å²) < 4.78 is 10.5. The lowest BCUT2D eigenvalue weighted by Gasteiger charge is -2.17. The number of ether oxygens (including phenoxy) is 2. The summed E-state index contributed by atoms with van der Waals surface area (Å²) in [6.45, 7) is 7.45. The van der Waals surface area contributed by atoms with Crippen LogP contribution in [0.5, 0.6) is 5.75 Å². The highest BCUT2D eigenvalue weighted by Gasteiger charge is 2.18. The van der Waals surface area contributed by atoms with Crippen molar-refractivity contribution in [3.63, 3.8) is 0 Å². The first-order valence-corrected chi connectivity index (χ1v) is 8.05. The maximum Gasteiger partial charge on any atom is 0.337 e. The normalized spacial score (nSPS) is 11.6. The third kappa shape index (κ3) is 4.59. The van der Waals surface area contributed by atoms with Crippen LogP contribution >= 0.6 is 0 Å². The van der Waals surface area contributed by atoms with Crippen molar-refractivity contribution in [3.8, 4) is 5.75 Å². The summed E-state index contributed by atoms with van der Waals surface area (Å²) >= 11 is 0. The number of methoxy groups -OCH3 is 1. The number of anilines is 1. The zero-order chi connectivity index (χ0) is 18.6. The molecule has 0 fully saturated rings. The Morgan fingerprint density at radius 3 is 2.36 bits per heavy atom. The summed E-state index contributed by atoms with van der Waals surface area (Å²) in [5.74, 6) is -0.0520. The Kier molecular flexibility index (Phi) is 5.80. The molecule has 2 aromatic carbocycles. The lowest BCUT2D eigenvalue weighted by atomic mass is 10.1. The second-order valence-corrected chi connectivity index (χ2v) is 6.04. The number of benzene rings is 2. The Hall–Kier alpha value is -2.82. The van der Waals surface area contributed by atoms with E-state index in [1.165, 1.54) is 7.11 Å². The molecule has 5 nitrogen and oxygen atoms in total. The second kappa shape index (κ2) is 7.83. The first kappa shape index (κ1) is 18.5. The van der Waals surface area contributed by atoms with Gasteiger partial charge in [0.1, 0.15) is 5.75 Å². The van der Waals surface area contributed by atoms with Crippen molar-refractivity contribution < 1.29 is 19.1 Å². The Morgan fingerprint density at radius 1 is 1.00 bits per heavy atom. The van der Waals surface area contributed by atoms with Gasteiger partial charge >= 0.3 is 5.97 Å². The molecule has 0 aromatic heterocycles. The molecule has 0 aliphatic rings. The first-order valence-electron chi connectivity index (χ1n) is 8.05. The number of amides is 1. The van der Waals surface area contributed by atoms with E-state index < -0.39 is 12.1 Å². The predicted octanol–water partition coefficient (Wildman–Crippen LogP) is 3.80. The fourth-order valence-electron chi connectivity index (χ4n) is 2.31. The van der Waals surface area contributed by atoms with Crippen molar-refractivity contribution in [2.45, 2.75) is 33.8 Å². The van der Waals surface area contributed by atoms with Gasteiger partial charge in [0, 0.05) is 5.69 Å². The van der Waals surface area contributed by atoms with Crippen molar-refractivity contribution >= 4 is 17.6 Å². The van der Waals surface area contributed by atoms with Gasteiger partial charge in [-0.05, 0) is 62.6 Å². The van der Waals surface area contributed by atoms with Crippen molar-refractivity contribution in [2.75, 3.05) is 12.4 Å². The van der Waals surface area contributed by atoms with Crippen LogP contribution in [0.2, 0.25) is 0 Å². The zero-order valence-electron chi connectivity index (χ0n) is 15.2. The average molecular weight is 341 g/mol. The molecule has 1 atom stereocenters. The van der Waals surface area contributed by atoms with E-state index in [1.807, 2.05) is 39.0 Å². The van der Waals surface area contributed by atoms with E-state index in [1.54, 1.807) is 25.1 Å². The molecule has 0 aliphatic carbocycles. The minimum Gasteiger partial charge on any atom is -0.481 e. The number of carbonyl (C=O) groups excluding carboxylic acids is 2. The van der Waals surface area contributed by atoms with Gasteiger partial charge in [-0.2, -0.15) is 0 Å². The van der Waals surface area contributed by atoms with Crippen LogP contribution in [0.1, 0.15) is 34.0 Å². The van der Waals surface area contributed by atoms with Gasteiger partial charge in [0.05, 0.1) is 12.7 Å². The predicted molar refractivity (Wildman–Crippen MR) is 97.2 cm³/mol. The van der Waals surface area contributed by atoms with E-state index in [0.717, 1.165) is 16.7 Å². The molecule has 1 amide bonds. The van der Waals surface area contributed by atoms with E-state index in [9.17, 15) is 9.59 Å². The quantitative estimate of drug-likeness (QED) is 0.840. The molecule has 2 rings (SSSR count). The van der Waals surface area contributed by atoms with Crippen LogP contribution in [0.15, 0.2) is 36.4 Å². The number of aryl methyl sites for hydroxylation is 3. The smallest absolute Gasteiger partial charge is 0.337 e. The molecule has 1 unspecified atom stereocenters. The van der Waals surface area contributed by atoms with Crippen LogP contribution in [-0.4, -0.2) is 25.1 Å². The monoisotopic (exact) mass is 341 g/mol. The lowest BCUT2D eigenvalue weighted by Crippen LogP contribution is -2.30. The molecule has 0 bridgehead atoms. The highest BCUT2D eigenvalue weighted by molar-refractivity contribution is 5.97. The van der Waals surface area contributed by atoms with Gasteiger partial charge < -0.3 is 14.8 Å². The van der Waals surface area contributed by atoms with Crippen LogP contribution in [-0.2, 0) is 9.53 Å². The molecule has 5 heteroatoms. The van der Waals surface area contributed by atoms with Gasteiger partial charge in [-0.3, -0.25) is 4.79 Å². The number of hydrogen-bond donors (Lipinski definition) is 1. The molecule has 25 heavy (non-hydrogen) atoms. The highest BCUT2D eigenvalue weighted by Crippen LogP contribution is 2.22. The van der Waals surface area contributed by atoms with E-state index in [0.29, 0.717) is 17.0 Å². The Labute approximate surface area is 148 Å². The van der Waals surface area contributed by atoms with Crippen molar-refractivity contribution in [3.05, 3.63) is 58.7 Å². The van der Waals surface area contributed by atoms with Gasteiger partial charge in [0.2, 0.25) is 0 Å². The van der Waals surface area contributed by atoms with Gasteiger partial charge in [0.15, 0.2) is 6.10 Å². The SMILES string of the molecule is COC(=O)c1ccc(C)c(NC(=O)C(C)Oc2cc(C)ccc2C)c1. The van der Waals surface area contributed by atoms with Gasteiger partial charge in [-0.25, -0.2) is 4.79 Å². The molecule has 1 N–H and O–H groups in total. The minimum atomic E-state index is -0.679. The average Bonchev–Trinajstić information content (AvgIpc) is 2.59. The van der Waals surface area contributed by atoms with Crippen molar-refractivity contribution in [1.82, 2.24) is 0 Å². The van der Waals surface area contributed by atoms with Crippen LogP contribution in [0, 0.1) is 20.8 Å². The number of hydrogen-bond acceptors (Lipinski definition) is 4. The van der Waals surface area contributed by atoms with Gasteiger partial charge in [-0.15, -0.1) is 0 Å².